The van der Waals surface area contributed by atoms with Crippen molar-refractivity contribution in [3.05, 3.63) is 0 Å². The zero-order valence-electron chi connectivity index (χ0n) is 12.7. The van der Waals surface area contributed by atoms with Crippen LogP contribution in [-0.2, 0) is 0 Å². The quantitative estimate of drug-likeness (QED) is 0.733. The Labute approximate surface area is 113 Å². The molecule has 0 radical (unpaired) electrons. The molecule has 1 fully saturated rings. The lowest BCUT2D eigenvalue weighted by atomic mass is 9.83. The average Bonchev–Trinajstić information content (AvgIpc) is 2.29. The van der Waals surface area contributed by atoms with Crippen LogP contribution in [0.1, 0.15) is 52.4 Å². The summed E-state index contributed by atoms with van der Waals surface area (Å²) >= 11 is 0. The highest BCUT2D eigenvalue weighted by atomic mass is 16.3. The third kappa shape index (κ3) is 4.52. The molecule has 0 aromatic carbocycles. The summed E-state index contributed by atoms with van der Waals surface area (Å²) in [6, 6.07) is 0.367. The lowest BCUT2D eigenvalue weighted by Gasteiger charge is -2.41. The molecule has 3 heteroatoms. The average molecular weight is 256 g/mol. The number of aliphatic hydroxyl groups is 1. The van der Waals surface area contributed by atoms with Gasteiger partial charge in [-0.1, -0.05) is 33.1 Å². The fourth-order valence-electron chi connectivity index (χ4n) is 3.58. The van der Waals surface area contributed by atoms with Crippen molar-refractivity contribution in [2.75, 3.05) is 27.2 Å². The molecule has 1 aliphatic rings. The predicted molar refractivity (Wildman–Crippen MR) is 77.8 cm³/mol. The van der Waals surface area contributed by atoms with Gasteiger partial charge in [0.25, 0.3) is 0 Å². The van der Waals surface area contributed by atoms with Crippen LogP contribution in [0.25, 0.3) is 0 Å². The number of hydrogen-bond donors (Lipinski definition) is 2. The number of nitrogens with one attached hydrogen (secondary N) is 1. The van der Waals surface area contributed by atoms with E-state index >= 15 is 0 Å². The van der Waals surface area contributed by atoms with Gasteiger partial charge in [0.15, 0.2) is 0 Å². The Balaban J connectivity index is 2.56. The fraction of sp³-hybridized carbons (Fsp3) is 1.00. The molecule has 3 atom stereocenters. The van der Waals surface area contributed by atoms with Crippen molar-refractivity contribution in [1.29, 1.82) is 0 Å². The highest BCUT2D eigenvalue weighted by molar-refractivity contribution is 4.86. The molecule has 0 saturated heterocycles. The lowest BCUT2D eigenvalue weighted by molar-refractivity contribution is 0.0134. The van der Waals surface area contributed by atoms with Crippen LogP contribution in [0.15, 0.2) is 0 Å². The molecular weight excluding hydrogens is 224 g/mol. The SMILES string of the molecule is CCCC(C)(CNC)CN(C)C1CCCCC1O. The van der Waals surface area contributed by atoms with Crippen molar-refractivity contribution in [3.63, 3.8) is 0 Å². The minimum atomic E-state index is -0.121. The second-order valence-electron chi connectivity index (χ2n) is 6.43. The number of rotatable bonds is 7. The Kier molecular flexibility index (Phi) is 6.61. The number of nitrogens with zero attached hydrogens (tertiary/aromatic N) is 1. The highest BCUT2D eigenvalue weighted by Gasteiger charge is 2.31. The molecule has 1 aliphatic carbocycles. The zero-order valence-corrected chi connectivity index (χ0v) is 12.7. The van der Waals surface area contributed by atoms with E-state index in [0.29, 0.717) is 11.5 Å². The highest BCUT2D eigenvalue weighted by Crippen LogP contribution is 2.28. The van der Waals surface area contributed by atoms with Gasteiger partial charge in [0.2, 0.25) is 0 Å². The standard InChI is InChI=1S/C15H32N2O/c1-5-10-15(2,11-16-3)12-17(4)13-8-6-7-9-14(13)18/h13-14,16,18H,5-12H2,1-4H3. The third-order valence-corrected chi connectivity index (χ3v) is 4.35. The van der Waals surface area contributed by atoms with Gasteiger partial charge in [0.05, 0.1) is 6.10 Å². The summed E-state index contributed by atoms with van der Waals surface area (Å²) in [7, 11) is 4.21. The van der Waals surface area contributed by atoms with Gasteiger partial charge in [0.1, 0.15) is 0 Å². The van der Waals surface area contributed by atoms with Gasteiger partial charge in [0, 0.05) is 19.1 Å². The lowest BCUT2D eigenvalue weighted by Crippen LogP contribution is -2.49. The molecule has 0 heterocycles. The summed E-state index contributed by atoms with van der Waals surface area (Å²) in [6.07, 6.45) is 6.92. The maximum absolute atomic E-state index is 10.1. The van der Waals surface area contributed by atoms with Gasteiger partial charge < -0.3 is 15.3 Å². The maximum Gasteiger partial charge on any atom is 0.0695 e. The van der Waals surface area contributed by atoms with Gasteiger partial charge in [-0.05, 0) is 38.8 Å². The molecule has 0 bridgehead atoms. The first-order valence-corrected chi connectivity index (χ1v) is 7.55. The first kappa shape index (κ1) is 15.9. The van der Waals surface area contributed by atoms with E-state index in [2.05, 4.69) is 31.1 Å². The van der Waals surface area contributed by atoms with Crippen LogP contribution in [0, 0.1) is 5.41 Å². The van der Waals surface area contributed by atoms with E-state index in [1.54, 1.807) is 0 Å². The molecule has 3 unspecified atom stereocenters. The van der Waals surface area contributed by atoms with E-state index in [-0.39, 0.29) is 6.10 Å². The molecule has 0 aliphatic heterocycles. The molecule has 2 N–H and O–H groups in total. The van der Waals surface area contributed by atoms with Gasteiger partial charge in [-0.15, -0.1) is 0 Å². The number of likely N-dealkylation sites (N-methyl/N-ethyl adjacent to an activating group) is 1. The van der Waals surface area contributed by atoms with Gasteiger partial charge in [-0.3, -0.25) is 0 Å². The number of hydrogen-bond acceptors (Lipinski definition) is 3. The topological polar surface area (TPSA) is 35.5 Å². The monoisotopic (exact) mass is 256 g/mol. The van der Waals surface area contributed by atoms with Crippen molar-refractivity contribution >= 4 is 0 Å². The third-order valence-electron chi connectivity index (χ3n) is 4.35. The van der Waals surface area contributed by atoms with Crippen molar-refractivity contribution in [2.24, 2.45) is 5.41 Å². The van der Waals surface area contributed by atoms with Crippen molar-refractivity contribution in [1.82, 2.24) is 10.2 Å². The van der Waals surface area contributed by atoms with Crippen LogP contribution in [0.4, 0.5) is 0 Å². The summed E-state index contributed by atoms with van der Waals surface area (Å²) in [5, 5.41) is 13.5. The van der Waals surface area contributed by atoms with E-state index < -0.39 is 0 Å². The van der Waals surface area contributed by atoms with Crippen LogP contribution < -0.4 is 5.32 Å². The molecule has 1 saturated carbocycles. The Morgan fingerprint density at radius 2 is 2.00 bits per heavy atom. The van der Waals surface area contributed by atoms with E-state index in [0.717, 1.165) is 25.9 Å². The molecule has 108 valence electrons. The van der Waals surface area contributed by atoms with E-state index in [4.69, 9.17) is 0 Å². The first-order chi connectivity index (χ1) is 8.52. The van der Waals surface area contributed by atoms with Gasteiger partial charge >= 0.3 is 0 Å². The summed E-state index contributed by atoms with van der Waals surface area (Å²) < 4.78 is 0. The van der Waals surface area contributed by atoms with E-state index in [1.165, 1.54) is 25.7 Å². The smallest absolute Gasteiger partial charge is 0.0695 e. The van der Waals surface area contributed by atoms with Gasteiger partial charge in [-0.2, -0.15) is 0 Å². The Hall–Kier alpha value is -0.120. The molecule has 1 rings (SSSR count). The molecule has 0 aromatic rings. The summed E-state index contributed by atoms with van der Waals surface area (Å²) in [6.45, 7) is 6.74. The van der Waals surface area contributed by atoms with E-state index in [9.17, 15) is 5.11 Å². The minimum Gasteiger partial charge on any atom is -0.391 e. The van der Waals surface area contributed by atoms with Crippen LogP contribution >= 0.6 is 0 Å². The van der Waals surface area contributed by atoms with Crippen molar-refractivity contribution < 1.29 is 5.11 Å². The second-order valence-corrected chi connectivity index (χ2v) is 6.43. The Bertz CT molecular complexity index is 227. The summed E-state index contributed by atoms with van der Waals surface area (Å²) in [5.41, 5.74) is 0.315. The number of aliphatic hydroxyl groups excluding tert-OH is 1. The molecule has 18 heavy (non-hydrogen) atoms. The second kappa shape index (κ2) is 7.46. The summed E-state index contributed by atoms with van der Waals surface area (Å²) in [4.78, 5) is 2.40. The van der Waals surface area contributed by atoms with Crippen molar-refractivity contribution in [2.45, 2.75) is 64.5 Å². The van der Waals surface area contributed by atoms with Crippen LogP contribution in [0.2, 0.25) is 0 Å². The first-order valence-electron chi connectivity index (χ1n) is 7.55. The zero-order chi connectivity index (χ0) is 13.6. The van der Waals surface area contributed by atoms with E-state index in [1.807, 2.05) is 7.05 Å². The largest absolute Gasteiger partial charge is 0.391 e. The minimum absolute atomic E-state index is 0.121. The van der Waals surface area contributed by atoms with Gasteiger partial charge in [-0.25, -0.2) is 0 Å². The molecule has 0 amide bonds. The predicted octanol–water partition coefficient (Wildman–Crippen LogP) is 2.25. The normalized spacial score (nSPS) is 28.3. The molecule has 3 nitrogen and oxygen atoms in total. The van der Waals surface area contributed by atoms with Crippen LogP contribution in [0.5, 0.6) is 0 Å². The fourth-order valence-corrected chi connectivity index (χ4v) is 3.58. The maximum atomic E-state index is 10.1. The Morgan fingerprint density at radius 1 is 1.33 bits per heavy atom. The summed E-state index contributed by atoms with van der Waals surface area (Å²) in [5.74, 6) is 0. The van der Waals surface area contributed by atoms with Crippen LogP contribution in [0.3, 0.4) is 0 Å². The molecule has 0 spiro atoms. The molecule has 0 aromatic heterocycles. The van der Waals surface area contributed by atoms with Crippen LogP contribution in [-0.4, -0.2) is 49.3 Å². The van der Waals surface area contributed by atoms with Crippen molar-refractivity contribution in [3.8, 4) is 0 Å². The molecular formula is C15H32N2O. The Morgan fingerprint density at radius 3 is 2.56 bits per heavy atom.